The number of rotatable bonds is 7. The fourth-order valence-corrected chi connectivity index (χ4v) is 1.67. The first kappa shape index (κ1) is 14.4. The number of Topliss-reactive ketones (excluding diaryl/α,β-unsaturated/α-hetero) is 2. The number of ketones is 2. The lowest BCUT2D eigenvalue weighted by Crippen LogP contribution is -2.22. The zero-order chi connectivity index (χ0) is 12.0. The second-order valence-electron chi connectivity index (χ2n) is 4.18. The molecule has 0 radical (unpaired) electrons. The lowest BCUT2D eigenvalue weighted by molar-refractivity contribution is -0.130. The molecule has 0 heterocycles. The molecule has 0 spiro atoms. The molecule has 15 heavy (non-hydrogen) atoms. The van der Waals surface area contributed by atoms with Gasteiger partial charge in [0.25, 0.3) is 0 Å². The summed E-state index contributed by atoms with van der Waals surface area (Å²) in [5, 5.41) is 9.18. The third-order valence-corrected chi connectivity index (χ3v) is 2.23. The number of hydrogen-bond acceptors (Lipinski definition) is 4. The van der Waals surface area contributed by atoms with E-state index in [4.69, 9.17) is 12.2 Å². The van der Waals surface area contributed by atoms with E-state index < -0.39 is 6.10 Å². The summed E-state index contributed by atoms with van der Waals surface area (Å²) < 4.78 is 0. The van der Waals surface area contributed by atoms with Gasteiger partial charge in [0.15, 0.2) is 5.78 Å². The molecule has 0 rings (SSSR count). The molecule has 1 N–H and O–H groups in total. The summed E-state index contributed by atoms with van der Waals surface area (Å²) in [5.41, 5.74) is 0. The molecular weight excluding hydrogens is 212 g/mol. The van der Waals surface area contributed by atoms with Crippen LogP contribution >= 0.6 is 12.2 Å². The van der Waals surface area contributed by atoms with E-state index in [-0.39, 0.29) is 24.4 Å². The summed E-state index contributed by atoms with van der Waals surface area (Å²) in [6.45, 7) is 5.33. The molecular formula is C11H18O3S. The summed E-state index contributed by atoms with van der Waals surface area (Å²) in [5.74, 6) is -0.107. The average Bonchev–Trinajstić information content (AvgIpc) is 2.00. The van der Waals surface area contributed by atoms with E-state index in [0.29, 0.717) is 10.8 Å². The highest BCUT2D eigenvalue weighted by atomic mass is 32.1. The van der Waals surface area contributed by atoms with Crippen LogP contribution in [0.1, 0.15) is 40.0 Å². The van der Waals surface area contributed by atoms with Crippen molar-refractivity contribution in [3.05, 3.63) is 0 Å². The smallest absolute Gasteiger partial charge is 0.158 e. The van der Waals surface area contributed by atoms with E-state index in [1.807, 2.05) is 13.8 Å². The van der Waals surface area contributed by atoms with Crippen molar-refractivity contribution in [3.8, 4) is 0 Å². The van der Waals surface area contributed by atoms with Crippen LogP contribution in [0.2, 0.25) is 0 Å². The predicted molar refractivity (Wildman–Crippen MR) is 63.0 cm³/mol. The molecule has 86 valence electrons. The van der Waals surface area contributed by atoms with Gasteiger partial charge < -0.3 is 5.11 Å². The molecule has 0 amide bonds. The molecule has 0 aliphatic heterocycles. The van der Waals surface area contributed by atoms with Gasteiger partial charge in [-0.2, -0.15) is 0 Å². The maximum atomic E-state index is 11.4. The Balaban J connectivity index is 3.94. The molecule has 0 fully saturated rings. The Labute approximate surface area is 95.9 Å². The van der Waals surface area contributed by atoms with Gasteiger partial charge in [0.05, 0.1) is 0 Å². The van der Waals surface area contributed by atoms with Crippen molar-refractivity contribution in [2.24, 2.45) is 5.92 Å². The maximum absolute atomic E-state index is 11.4. The van der Waals surface area contributed by atoms with Crippen LogP contribution < -0.4 is 0 Å². The largest absolute Gasteiger partial charge is 0.385 e. The van der Waals surface area contributed by atoms with E-state index in [1.165, 1.54) is 6.92 Å². The Kier molecular flexibility index (Phi) is 6.52. The first-order valence-corrected chi connectivity index (χ1v) is 5.45. The quantitative estimate of drug-likeness (QED) is 0.676. The molecule has 1 atom stereocenters. The highest BCUT2D eigenvalue weighted by Crippen LogP contribution is 2.07. The van der Waals surface area contributed by atoms with Gasteiger partial charge in [-0.05, 0) is 19.3 Å². The van der Waals surface area contributed by atoms with Gasteiger partial charge in [0.1, 0.15) is 11.9 Å². The van der Waals surface area contributed by atoms with Gasteiger partial charge in [-0.25, -0.2) is 0 Å². The maximum Gasteiger partial charge on any atom is 0.158 e. The van der Waals surface area contributed by atoms with Crippen LogP contribution in [0.15, 0.2) is 0 Å². The molecule has 0 bridgehead atoms. The van der Waals surface area contributed by atoms with Crippen LogP contribution in [-0.2, 0) is 9.59 Å². The van der Waals surface area contributed by atoms with Gasteiger partial charge in [-0.1, -0.05) is 26.1 Å². The number of carbonyl (C=O) groups is 2. The Morgan fingerprint density at radius 1 is 1.27 bits per heavy atom. The fraction of sp³-hybridized carbons (Fsp3) is 0.727. The summed E-state index contributed by atoms with van der Waals surface area (Å²) in [6, 6.07) is 0. The number of aliphatic hydroxyl groups excluding tert-OH is 1. The topological polar surface area (TPSA) is 54.4 Å². The average molecular weight is 230 g/mol. The zero-order valence-corrected chi connectivity index (χ0v) is 10.3. The molecule has 0 saturated heterocycles. The van der Waals surface area contributed by atoms with Gasteiger partial charge in [-0.15, -0.1) is 0 Å². The molecule has 0 aliphatic rings. The molecule has 0 saturated carbocycles. The van der Waals surface area contributed by atoms with Crippen LogP contribution in [0.3, 0.4) is 0 Å². The standard InChI is InChI=1S/C11H18O3S/c1-7(2)4-10(15)5-9(13)6-11(14)8(3)12/h7,11,14H,4-6H2,1-3H3/t11-/m1/s1. The molecule has 3 nitrogen and oxygen atoms in total. The fourth-order valence-electron chi connectivity index (χ4n) is 1.18. The van der Waals surface area contributed by atoms with E-state index in [2.05, 4.69) is 0 Å². The van der Waals surface area contributed by atoms with Gasteiger partial charge in [-0.3, -0.25) is 9.59 Å². The first-order valence-electron chi connectivity index (χ1n) is 5.04. The lowest BCUT2D eigenvalue weighted by Gasteiger charge is -2.08. The monoisotopic (exact) mass is 230 g/mol. The Hall–Kier alpha value is -0.610. The molecule has 0 aromatic heterocycles. The second-order valence-corrected chi connectivity index (χ2v) is 4.76. The van der Waals surface area contributed by atoms with Crippen molar-refractivity contribution in [2.75, 3.05) is 0 Å². The molecule has 0 aliphatic carbocycles. The van der Waals surface area contributed by atoms with Crippen LogP contribution in [0.5, 0.6) is 0 Å². The van der Waals surface area contributed by atoms with Crippen LogP contribution in [0.25, 0.3) is 0 Å². The molecule has 0 aromatic carbocycles. The number of thiocarbonyl (C=S) groups is 1. The molecule has 0 unspecified atom stereocenters. The third-order valence-electron chi connectivity index (χ3n) is 1.92. The Morgan fingerprint density at radius 2 is 1.80 bits per heavy atom. The minimum Gasteiger partial charge on any atom is -0.385 e. The molecule has 4 heteroatoms. The Bertz CT molecular complexity index is 259. The first-order chi connectivity index (χ1) is 6.82. The van der Waals surface area contributed by atoms with Crippen molar-refractivity contribution >= 4 is 28.6 Å². The van der Waals surface area contributed by atoms with Crippen LogP contribution in [0, 0.1) is 5.92 Å². The summed E-state index contributed by atoms with van der Waals surface area (Å²) in [4.78, 5) is 22.8. The van der Waals surface area contributed by atoms with Gasteiger partial charge in [0, 0.05) is 17.7 Å². The SMILES string of the molecule is CC(=O)[C@H](O)CC(=O)CC(=S)CC(C)C. The van der Waals surface area contributed by atoms with E-state index in [1.54, 1.807) is 0 Å². The summed E-state index contributed by atoms with van der Waals surface area (Å²) >= 11 is 5.04. The lowest BCUT2D eigenvalue weighted by atomic mass is 10.0. The van der Waals surface area contributed by atoms with E-state index in [0.717, 1.165) is 6.42 Å². The van der Waals surface area contributed by atoms with E-state index in [9.17, 15) is 14.7 Å². The van der Waals surface area contributed by atoms with Crippen molar-refractivity contribution in [2.45, 2.75) is 46.1 Å². The normalized spacial score (nSPS) is 12.6. The van der Waals surface area contributed by atoms with Crippen molar-refractivity contribution in [3.63, 3.8) is 0 Å². The van der Waals surface area contributed by atoms with Crippen LogP contribution in [-0.4, -0.2) is 27.6 Å². The van der Waals surface area contributed by atoms with Gasteiger partial charge >= 0.3 is 0 Å². The predicted octanol–water partition coefficient (Wildman–Crippen LogP) is 1.70. The minimum absolute atomic E-state index is 0.117. The summed E-state index contributed by atoms with van der Waals surface area (Å²) in [7, 11) is 0. The zero-order valence-electron chi connectivity index (χ0n) is 9.45. The molecule has 0 aromatic rings. The highest BCUT2D eigenvalue weighted by molar-refractivity contribution is 7.80. The summed E-state index contributed by atoms with van der Waals surface area (Å²) in [6.07, 6.45) is -0.359. The Morgan fingerprint density at radius 3 is 2.20 bits per heavy atom. The highest BCUT2D eigenvalue weighted by Gasteiger charge is 2.16. The van der Waals surface area contributed by atoms with Crippen molar-refractivity contribution in [1.82, 2.24) is 0 Å². The van der Waals surface area contributed by atoms with Gasteiger partial charge in [0.2, 0.25) is 0 Å². The van der Waals surface area contributed by atoms with Crippen LogP contribution in [0.4, 0.5) is 0 Å². The second kappa shape index (κ2) is 6.80. The third kappa shape index (κ3) is 7.33. The minimum atomic E-state index is -1.17. The number of hydrogen-bond donors (Lipinski definition) is 1. The number of aliphatic hydroxyl groups is 1. The van der Waals surface area contributed by atoms with Crippen molar-refractivity contribution < 1.29 is 14.7 Å². The van der Waals surface area contributed by atoms with Crippen molar-refractivity contribution in [1.29, 1.82) is 0 Å². The van der Waals surface area contributed by atoms with E-state index >= 15 is 0 Å². The number of carbonyl (C=O) groups excluding carboxylic acids is 2.